The van der Waals surface area contributed by atoms with Crippen molar-refractivity contribution >= 4 is 0 Å². The molecule has 1 heteroatoms. The predicted molar refractivity (Wildman–Crippen MR) is 42.5 cm³/mol. The van der Waals surface area contributed by atoms with Gasteiger partial charge in [-0.2, -0.15) is 0 Å². The molecule has 0 aromatic rings. The average Bonchev–Trinajstić information content (AvgIpc) is 1.64. The van der Waals surface area contributed by atoms with E-state index in [-0.39, 0.29) is 0 Å². The van der Waals surface area contributed by atoms with Gasteiger partial charge in [0, 0.05) is 6.04 Å². The largest absolute Gasteiger partial charge is 0.313 e. The minimum atomic E-state index is 0.477. The first-order valence-electron chi connectivity index (χ1n) is 3.42. The molecule has 0 saturated carbocycles. The van der Waals surface area contributed by atoms with Crippen LogP contribution in [0.3, 0.4) is 0 Å². The van der Waals surface area contributed by atoms with Crippen molar-refractivity contribution in [2.45, 2.75) is 26.8 Å². The maximum Gasteiger partial charge on any atom is 0.0294 e. The van der Waals surface area contributed by atoms with Crippen molar-refractivity contribution in [3.63, 3.8) is 0 Å². The molecule has 1 N–H and O–H groups in total. The second-order valence-electron chi connectivity index (χ2n) is 2.86. The molecule has 0 amide bonds. The van der Waals surface area contributed by atoms with Crippen molar-refractivity contribution in [1.29, 1.82) is 0 Å². The van der Waals surface area contributed by atoms with E-state index in [9.17, 15) is 0 Å². The monoisotopic (exact) mass is 127 g/mol. The van der Waals surface area contributed by atoms with Gasteiger partial charge in [0.05, 0.1) is 0 Å². The minimum absolute atomic E-state index is 0.477. The van der Waals surface area contributed by atoms with Gasteiger partial charge in [-0.25, -0.2) is 0 Å². The van der Waals surface area contributed by atoms with Gasteiger partial charge < -0.3 is 5.32 Å². The van der Waals surface area contributed by atoms with Crippen LogP contribution >= 0.6 is 0 Å². The minimum Gasteiger partial charge on any atom is -0.313 e. The van der Waals surface area contributed by atoms with E-state index in [0.717, 1.165) is 0 Å². The van der Waals surface area contributed by atoms with Crippen LogP contribution in [0.4, 0.5) is 0 Å². The van der Waals surface area contributed by atoms with Gasteiger partial charge in [-0.15, -0.1) is 0 Å². The van der Waals surface area contributed by atoms with Crippen LogP contribution in [0.2, 0.25) is 0 Å². The van der Waals surface area contributed by atoms with Crippen LogP contribution < -0.4 is 5.32 Å². The summed E-state index contributed by atoms with van der Waals surface area (Å²) in [5.41, 5.74) is 1.22. The molecular formula is C8H17N. The Morgan fingerprint density at radius 2 is 1.89 bits per heavy atom. The van der Waals surface area contributed by atoms with Crippen LogP contribution in [0.25, 0.3) is 0 Å². The van der Waals surface area contributed by atoms with E-state index in [0.29, 0.717) is 12.0 Å². The maximum absolute atomic E-state index is 3.89. The molecular weight excluding hydrogens is 110 g/mol. The van der Waals surface area contributed by atoms with Gasteiger partial charge in [-0.05, 0) is 19.9 Å². The Labute approximate surface area is 58.2 Å². The maximum atomic E-state index is 3.89. The van der Waals surface area contributed by atoms with E-state index in [1.807, 2.05) is 7.05 Å². The third kappa shape index (κ3) is 2.66. The van der Waals surface area contributed by atoms with Crippen LogP contribution in [-0.4, -0.2) is 13.1 Å². The Hall–Kier alpha value is -0.300. The van der Waals surface area contributed by atoms with Crippen molar-refractivity contribution in [3.05, 3.63) is 12.2 Å². The van der Waals surface area contributed by atoms with Crippen molar-refractivity contribution in [3.8, 4) is 0 Å². The molecule has 0 saturated heterocycles. The lowest BCUT2D eigenvalue weighted by Gasteiger charge is -2.19. The molecule has 0 spiro atoms. The van der Waals surface area contributed by atoms with Crippen LogP contribution in [0.1, 0.15) is 20.8 Å². The van der Waals surface area contributed by atoms with Crippen LogP contribution in [0.5, 0.6) is 0 Å². The second-order valence-corrected chi connectivity index (χ2v) is 2.86. The number of likely N-dealkylation sites (N-methyl/N-ethyl adjacent to an activating group) is 1. The summed E-state index contributed by atoms with van der Waals surface area (Å²) in [7, 11) is 1.97. The summed E-state index contributed by atoms with van der Waals surface area (Å²) < 4.78 is 0. The fourth-order valence-corrected chi connectivity index (χ4v) is 1.15. The number of hydrogen-bond donors (Lipinski definition) is 1. The third-order valence-electron chi connectivity index (χ3n) is 1.51. The predicted octanol–water partition coefficient (Wildman–Crippen LogP) is 1.81. The molecule has 0 aliphatic carbocycles. The fraction of sp³-hybridized carbons (Fsp3) is 0.750. The smallest absolute Gasteiger partial charge is 0.0294 e. The molecule has 9 heavy (non-hydrogen) atoms. The Morgan fingerprint density at radius 3 is 1.89 bits per heavy atom. The zero-order valence-electron chi connectivity index (χ0n) is 6.86. The highest BCUT2D eigenvalue weighted by molar-refractivity contribution is 5.02. The molecule has 54 valence electrons. The summed E-state index contributed by atoms with van der Waals surface area (Å²) >= 11 is 0. The highest BCUT2D eigenvalue weighted by atomic mass is 14.9. The first kappa shape index (κ1) is 8.70. The Balaban J connectivity index is 3.83. The first-order valence-corrected chi connectivity index (χ1v) is 3.42. The lowest BCUT2D eigenvalue weighted by atomic mass is 9.99. The molecule has 1 nitrogen and oxygen atoms in total. The Bertz CT molecular complexity index is 94.7. The van der Waals surface area contributed by atoms with Crippen LogP contribution in [-0.2, 0) is 0 Å². The van der Waals surface area contributed by atoms with E-state index in [2.05, 4.69) is 32.7 Å². The second kappa shape index (κ2) is 3.67. The Kier molecular flexibility index (Phi) is 3.55. The number of hydrogen-bond acceptors (Lipinski definition) is 1. The molecule has 0 bridgehead atoms. The summed E-state index contributed by atoms with van der Waals surface area (Å²) in [5, 5.41) is 3.20. The molecule has 0 rings (SSSR count). The molecule has 0 fully saturated rings. The summed E-state index contributed by atoms with van der Waals surface area (Å²) in [5.74, 6) is 0.646. The molecule has 0 aliphatic heterocycles. The first-order chi connectivity index (χ1) is 4.09. The third-order valence-corrected chi connectivity index (χ3v) is 1.51. The van der Waals surface area contributed by atoms with Crippen LogP contribution in [0.15, 0.2) is 12.2 Å². The standard InChI is InChI=1S/C8H17N/c1-6(2)8(9-5)7(3)4/h7-9H,1H2,2-5H3. The molecule has 0 heterocycles. The van der Waals surface area contributed by atoms with Gasteiger partial charge in [-0.1, -0.05) is 26.0 Å². The lowest BCUT2D eigenvalue weighted by Crippen LogP contribution is -2.31. The van der Waals surface area contributed by atoms with Crippen molar-refractivity contribution < 1.29 is 0 Å². The van der Waals surface area contributed by atoms with E-state index >= 15 is 0 Å². The molecule has 1 atom stereocenters. The quantitative estimate of drug-likeness (QED) is 0.570. The van der Waals surface area contributed by atoms with Gasteiger partial charge in [0.25, 0.3) is 0 Å². The topological polar surface area (TPSA) is 12.0 Å². The van der Waals surface area contributed by atoms with Gasteiger partial charge in [0.2, 0.25) is 0 Å². The number of nitrogens with one attached hydrogen (secondary N) is 1. The van der Waals surface area contributed by atoms with E-state index < -0.39 is 0 Å². The van der Waals surface area contributed by atoms with Crippen molar-refractivity contribution in [2.24, 2.45) is 5.92 Å². The summed E-state index contributed by atoms with van der Waals surface area (Å²) in [6.45, 7) is 10.3. The van der Waals surface area contributed by atoms with Gasteiger partial charge in [0.1, 0.15) is 0 Å². The van der Waals surface area contributed by atoms with E-state index in [4.69, 9.17) is 0 Å². The highest BCUT2D eigenvalue weighted by Gasteiger charge is 2.09. The lowest BCUT2D eigenvalue weighted by molar-refractivity contribution is 0.480. The van der Waals surface area contributed by atoms with Crippen molar-refractivity contribution in [1.82, 2.24) is 5.32 Å². The zero-order chi connectivity index (χ0) is 7.44. The summed E-state index contributed by atoms with van der Waals surface area (Å²) in [6.07, 6.45) is 0. The van der Waals surface area contributed by atoms with Gasteiger partial charge in [0.15, 0.2) is 0 Å². The van der Waals surface area contributed by atoms with Gasteiger partial charge >= 0.3 is 0 Å². The zero-order valence-corrected chi connectivity index (χ0v) is 6.86. The van der Waals surface area contributed by atoms with E-state index in [1.165, 1.54) is 5.57 Å². The average molecular weight is 127 g/mol. The normalized spacial score (nSPS) is 13.9. The molecule has 0 aromatic carbocycles. The molecule has 1 unspecified atom stereocenters. The number of rotatable bonds is 3. The highest BCUT2D eigenvalue weighted by Crippen LogP contribution is 2.08. The fourth-order valence-electron chi connectivity index (χ4n) is 1.15. The molecule has 0 aromatic heterocycles. The Morgan fingerprint density at radius 1 is 1.44 bits per heavy atom. The molecule has 0 radical (unpaired) electrons. The van der Waals surface area contributed by atoms with Crippen LogP contribution in [0, 0.1) is 5.92 Å². The SMILES string of the molecule is C=C(C)C(NC)C(C)C. The van der Waals surface area contributed by atoms with E-state index in [1.54, 1.807) is 0 Å². The molecule has 0 aliphatic rings. The summed E-state index contributed by atoms with van der Waals surface area (Å²) in [6, 6.07) is 0.477. The summed E-state index contributed by atoms with van der Waals surface area (Å²) in [4.78, 5) is 0. The van der Waals surface area contributed by atoms with Gasteiger partial charge in [-0.3, -0.25) is 0 Å². The van der Waals surface area contributed by atoms with Crippen molar-refractivity contribution in [2.75, 3.05) is 7.05 Å².